The molecule has 0 saturated carbocycles. The molecule has 0 amide bonds. The fourth-order valence-corrected chi connectivity index (χ4v) is 8.04. The maximum Gasteiger partial charge on any atom is 0.306 e. The van der Waals surface area contributed by atoms with Crippen LogP contribution in [-0.4, -0.2) is 37.2 Å². The summed E-state index contributed by atoms with van der Waals surface area (Å²) in [6.07, 6.45) is 77.1. The molecule has 1 atom stereocenters. The molecular formula is C64H108O6. The molecule has 70 heavy (non-hydrogen) atoms. The maximum absolute atomic E-state index is 12.8. The van der Waals surface area contributed by atoms with Crippen LogP contribution >= 0.6 is 0 Å². The zero-order chi connectivity index (χ0) is 50.7. The quantitative estimate of drug-likeness (QED) is 0.0262. The summed E-state index contributed by atoms with van der Waals surface area (Å²) in [5.41, 5.74) is 0. The van der Waals surface area contributed by atoms with Crippen molar-refractivity contribution in [3.05, 3.63) is 97.2 Å². The largest absolute Gasteiger partial charge is 0.462 e. The van der Waals surface area contributed by atoms with E-state index in [-0.39, 0.29) is 37.5 Å². The summed E-state index contributed by atoms with van der Waals surface area (Å²) in [7, 11) is 0. The van der Waals surface area contributed by atoms with E-state index >= 15 is 0 Å². The van der Waals surface area contributed by atoms with Crippen molar-refractivity contribution in [2.75, 3.05) is 13.2 Å². The second-order valence-electron chi connectivity index (χ2n) is 19.1. The van der Waals surface area contributed by atoms with Crippen LogP contribution in [0.5, 0.6) is 0 Å². The van der Waals surface area contributed by atoms with Crippen LogP contribution in [0.1, 0.15) is 271 Å². The smallest absolute Gasteiger partial charge is 0.306 e. The molecule has 0 aliphatic rings. The third-order valence-electron chi connectivity index (χ3n) is 12.3. The zero-order valence-corrected chi connectivity index (χ0v) is 45.8. The molecule has 0 bridgehead atoms. The minimum atomic E-state index is -0.805. The number of hydrogen-bond donors (Lipinski definition) is 0. The van der Waals surface area contributed by atoms with E-state index < -0.39 is 6.10 Å². The monoisotopic (exact) mass is 973 g/mol. The molecule has 0 aliphatic carbocycles. The molecule has 0 N–H and O–H groups in total. The SMILES string of the molecule is CC/C=C\C/C=C\C/C=C\C/C=C\CCCCCCCCCCCCCCC(=O)OCC(COC(=O)CC/C=C\C/C=C\C/C=C\C/C=C\CC)OC(=O)CCCCCCCCCCCCCCCC. The van der Waals surface area contributed by atoms with Gasteiger partial charge in [0.15, 0.2) is 6.10 Å². The van der Waals surface area contributed by atoms with Crippen LogP contribution in [-0.2, 0) is 28.6 Å². The molecule has 400 valence electrons. The molecule has 6 nitrogen and oxygen atoms in total. The number of ether oxygens (including phenoxy) is 3. The molecule has 0 fully saturated rings. The van der Waals surface area contributed by atoms with Crippen molar-refractivity contribution < 1.29 is 28.6 Å². The van der Waals surface area contributed by atoms with Crippen LogP contribution in [0.25, 0.3) is 0 Å². The van der Waals surface area contributed by atoms with E-state index in [4.69, 9.17) is 14.2 Å². The Morgan fingerprint density at radius 3 is 0.957 bits per heavy atom. The number of rotatable bonds is 52. The van der Waals surface area contributed by atoms with E-state index in [0.29, 0.717) is 19.3 Å². The van der Waals surface area contributed by atoms with Gasteiger partial charge in [-0.15, -0.1) is 0 Å². The number of unbranched alkanes of at least 4 members (excludes halogenated alkanes) is 25. The van der Waals surface area contributed by atoms with Gasteiger partial charge in [0, 0.05) is 19.3 Å². The topological polar surface area (TPSA) is 78.9 Å². The van der Waals surface area contributed by atoms with Gasteiger partial charge in [-0.05, 0) is 83.5 Å². The fraction of sp³-hybridized carbons (Fsp3) is 0.703. The standard InChI is InChI=1S/C64H108O6/c1-4-7-10-13-16-19-22-25-27-28-29-30-31-32-33-34-35-36-37-40-42-45-48-51-54-57-63(66)69-60-61(59-68-62(65)56-53-50-47-44-41-38-24-21-18-15-12-9-6-3)70-64(67)58-55-52-49-46-43-39-26-23-20-17-14-11-8-5-2/h7,9-10,12,16,18-19,21,25,27,29-30,38,41,47,50,61H,4-6,8,11,13-15,17,20,22-24,26,28,31-37,39-40,42-46,48-49,51-60H2,1-3H3/b10-7-,12-9-,19-16-,21-18-,27-25-,30-29-,41-38-,50-47-. The van der Waals surface area contributed by atoms with E-state index in [1.807, 2.05) is 6.08 Å². The minimum absolute atomic E-state index is 0.0985. The van der Waals surface area contributed by atoms with Gasteiger partial charge in [0.25, 0.3) is 0 Å². The summed E-state index contributed by atoms with van der Waals surface area (Å²) in [6, 6.07) is 0. The zero-order valence-electron chi connectivity index (χ0n) is 45.8. The first kappa shape index (κ1) is 66.3. The molecule has 0 heterocycles. The van der Waals surface area contributed by atoms with Gasteiger partial charge in [-0.1, -0.05) is 266 Å². The normalized spacial score (nSPS) is 12.8. The van der Waals surface area contributed by atoms with Crippen molar-refractivity contribution in [1.29, 1.82) is 0 Å². The molecule has 6 heteroatoms. The van der Waals surface area contributed by atoms with Gasteiger partial charge in [0.1, 0.15) is 13.2 Å². The van der Waals surface area contributed by atoms with E-state index in [9.17, 15) is 14.4 Å². The van der Waals surface area contributed by atoms with Gasteiger partial charge in [-0.2, -0.15) is 0 Å². The van der Waals surface area contributed by atoms with Gasteiger partial charge >= 0.3 is 17.9 Å². The molecule has 0 radical (unpaired) electrons. The third kappa shape index (κ3) is 55.3. The summed E-state index contributed by atoms with van der Waals surface area (Å²) in [5.74, 6) is -0.979. The molecule has 0 aromatic rings. The first-order valence-electron chi connectivity index (χ1n) is 29.2. The Kier molecular flexibility index (Phi) is 54.9. The van der Waals surface area contributed by atoms with E-state index in [1.165, 1.54) is 135 Å². The van der Waals surface area contributed by atoms with Crippen LogP contribution in [0.3, 0.4) is 0 Å². The summed E-state index contributed by atoms with van der Waals surface area (Å²) >= 11 is 0. The van der Waals surface area contributed by atoms with E-state index in [0.717, 1.165) is 89.9 Å². The highest BCUT2D eigenvalue weighted by atomic mass is 16.6. The minimum Gasteiger partial charge on any atom is -0.462 e. The molecule has 0 aromatic heterocycles. The number of hydrogen-bond acceptors (Lipinski definition) is 6. The first-order valence-corrected chi connectivity index (χ1v) is 29.2. The molecular weight excluding hydrogens is 865 g/mol. The van der Waals surface area contributed by atoms with Gasteiger partial charge in [-0.25, -0.2) is 0 Å². The second-order valence-corrected chi connectivity index (χ2v) is 19.1. The Balaban J connectivity index is 4.32. The molecule has 0 saturated heterocycles. The Morgan fingerprint density at radius 2 is 0.586 bits per heavy atom. The van der Waals surface area contributed by atoms with Crippen LogP contribution in [0.4, 0.5) is 0 Å². The van der Waals surface area contributed by atoms with E-state index in [1.54, 1.807) is 0 Å². The van der Waals surface area contributed by atoms with Gasteiger partial charge < -0.3 is 14.2 Å². The predicted octanol–water partition coefficient (Wildman–Crippen LogP) is 19.7. The Morgan fingerprint density at radius 1 is 0.300 bits per heavy atom. The number of carbonyl (C=O) groups excluding carboxylic acids is 3. The van der Waals surface area contributed by atoms with Crippen LogP contribution in [0, 0.1) is 0 Å². The molecule has 0 spiro atoms. The average molecular weight is 974 g/mol. The Bertz CT molecular complexity index is 1400. The Hall–Kier alpha value is -3.67. The predicted molar refractivity (Wildman–Crippen MR) is 302 cm³/mol. The molecule has 0 aromatic carbocycles. The third-order valence-corrected chi connectivity index (χ3v) is 12.3. The number of allylic oxidation sites excluding steroid dienone is 16. The summed E-state index contributed by atoms with van der Waals surface area (Å²) in [5, 5.41) is 0. The molecule has 0 aliphatic heterocycles. The van der Waals surface area contributed by atoms with E-state index in [2.05, 4.69) is 112 Å². The summed E-state index contributed by atoms with van der Waals surface area (Å²) < 4.78 is 16.8. The second kappa shape index (κ2) is 57.9. The van der Waals surface area contributed by atoms with Crippen molar-refractivity contribution in [3.63, 3.8) is 0 Å². The van der Waals surface area contributed by atoms with Crippen molar-refractivity contribution in [1.82, 2.24) is 0 Å². The summed E-state index contributed by atoms with van der Waals surface area (Å²) in [4.78, 5) is 38.1. The van der Waals surface area contributed by atoms with Gasteiger partial charge in [0.2, 0.25) is 0 Å². The number of carbonyl (C=O) groups is 3. The highest BCUT2D eigenvalue weighted by molar-refractivity contribution is 5.71. The van der Waals surface area contributed by atoms with Crippen LogP contribution in [0.2, 0.25) is 0 Å². The maximum atomic E-state index is 12.8. The highest BCUT2D eigenvalue weighted by Crippen LogP contribution is 2.16. The lowest BCUT2D eigenvalue weighted by molar-refractivity contribution is -0.166. The van der Waals surface area contributed by atoms with Gasteiger partial charge in [0.05, 0.1) is 0 Å². The lowest BCUT2D eigenvalue weighted by atomic mass is 10.0. The van der Waals surface area contributed by atoms with Crippen molar-refractivity contribution in [2.24, 2.45) is 0 Å². The van der Waals surface area contributed by atoms with Crippen LogP contribution < -0.4 is 0 Å². The molecule has 1 unspecified atom stereocenters. The first-order chi connectivity index (χ1) is 34.5. The summed E-state index contributed by atoms with van der Waals surface area (Å²) in [6.45, 7) is 6.36. The fourth-order valence-electron chi connectivity index (χ4n) is 8.04. The number of esters is 3. The highest BCUT2D eigenvalue weighted by Gasteiger charge is 2.19. The molecule has 0 rings (SSSR count). The van der Waals surface area contributed by atoms with Crippen LogP contribution in [0.15, 0.2) is 97.2 Å². The lowest BCUT2D eigenvalue weighted by Gasteiger charge is -2.18. The van der Waals surface area contributed by atoms with Crippen molar-refractivity contribution in [2.45, 2.75) is 277 Å². The van der Waals surface area contributed by atoms with Gasteiger partial charge in [-0.3, -0.25) is 14.4 Å². The average Bonchev–Trinajstić information content (AvgIpc) is 3.36. The van der Waals surface area contributed by atoms with Crippen molar-refractivity contribution >= 4 is 17.9 Å². The van der Waals surface area contributed by atoms with Crippen molar-refractivity contribution in [3.8, 4) is 0 Å². The lowest BCUT2D eigenvalue weighted by Crippen LogP contribution is -2.30. The Labute approximate surface area is 432 Å².